The fourth-order valence-electron chi connectivity index (χ4n) is 3.59. The maximum Gasteiger partial charge on any atom is 0.333 e. The second-order valence-electron chi connectivity index (χ2n) is 7.21. The Bertz CT molecular complexity index is 1160. The van der Waals surface area contributed by atoms with Gasteiger partial charge >= 0.3 is 5.97 Å². The van der Waals surface area contributed by atoms with Crippen LogP contribution < -0.4 is 0 Å². The van der Waals surface area contributed by atoms with Gasteiger partial charge in [-0.3, -0.25) is 0 Å². The first-order valence-corrected chi connectivity index (χ1v) is 9.99. The number of carboxylic acid groups (broad SMARTS) is 1. The molecule has 0 saturated carbocycles. The molecule has 0 aliphatic heterocycles. The van der Waals surface area contributed by atoms with Gasteiger partial charge < -0.3 is 18.8 Å². The van der Waals surface area contributed by atoms with E-state index in [9.17, 15) is 9.90 Å². The molecule has 0 saturated heterocycles. The van der Waals surface area contributed by atoms with E-state index >= 15 is 0 Å². The number of rotatable bonds is 8. The van der Waals surface area contributed by atoms with Crippen LogP contribution in [0.5, 0.6) is 0 Å². The van der Waals surface area contributed by atoms with Gasteiger partial charge in [-0.15, -0.1) is 0 Å². The first-order valence-electron chi connectivity index (χ1n) is 9.99. The highest BCUT2D eigenvalue weighted by atomic mass is 16.5. The molecule has 2 aromatic heterocycles. The molecule has 0 aliphatic carbocycles. The van der Waals surface area contributed by atoms with Crippen LogP contribution in [-0.2, 0) is 22.5 Å². The van der Waals surface area contributed by atoms with E-state index in [0.717, 1.165) is 33.5 Å². The van der Waals surface area contributed by atoms with Crippen molar-refractivity contribution < 1.29 is 19.1 Å². The number of aryl methyl sites for hydroxylation is 1. The highest BCUT2D eigenvalue weighted by molar-refractivity contribution is 5.81. The van der Waals surface area contributed by atoms with E-state index in [-0.39, 0.29) is 0 Å². The van der Waals surface area contributed by atoms with E-state index in [1.165, 1.54) is 0 Å². The molecule has 0 amide bonds. The number of hydrogen-bond acceptors (Lipinski definition) is 4. The molecule has 0 radical (unpaired) electrons. The lowest BCUT2D eigenvalue weighted by atomic mass is 10.1. The van der Waals surface area contributed by atoms with Crippen molar-refractivity contribution in [2.24, 2.45) is 0 Å². The maximum atomic E-state index is 11.4. The van der Waals surface area contributed by atoms with E-state index in [1.807, 2.05) is 67.7 Å². The van der Waals surface area contributed by atoms with Gasteiger partial charge in [-0.25, -0.2) is 9.78 Å². The molecule has 2 aromatic carbocycles. The maximum absolute atomic E-state index is 11.4. The van der Waals surface area contributed by atoms with Gasteiger partial charge in [0.15, 0.2) is 6.10 Å². The normalized spacial score (nSPS) is 12.3. The molecule has 154 valence electrons. The number of carbonyl (C=O) groups is 1. The van der Waals surface area contributed by atoms with E-state index in [4.69, 9.17) is 9.15 Å². The van der Waals surface area contributed by atoms with Crippen molar-refractivity contribution in [3.05, 3.63) is 77.8 Å². The van der Waals surface area contributed by atoms with Crippen molar-refractivity contribution in [2.75, 3.05) is 6.61 Å². The number of hydrogen-bond donors (Lipinski definition) is 1. The summed E-state index contributed by atoms with van der Waals surface area (Å²) in [5.41, 5.74) is 3.84. The Kier molecular flexibility index (Phi) is 5.68. The molecule has 4 rings (SSSR count). The molecule has 0 spiro atoms. The quantitative estimate of drug-likeness (QED) is 0.461. The predicted octanol–water partition coefficient (Wildman–Crippen LogP) is 4.69. The van der Waals surface area contributed by atoms with E-state index < -0.39 is 12.1 Å². The summed E-state index contributed by atoms with van der Waals surface area (Å²) in [4.78, 5) is 16.0. The number of fused-ring (bicyclic) bond motifs is 1. The third-order valence-electron chi connectivity index (χ3n) is 5.13. The zero-order valence-electron chi connectivity index (χ0n) is 17.0. The van der Waals surface area contributed by atoms with Gasteiger partial charge in [0.1, 0.15) is 11.5 Å². The summed E-state index contributed by atoms with van der Waals surface area (Å²) < 4.78 is 13.3. The molecule has 2 heterocycles. The summed E-state index contributed by atoms with van der Waals surface area (Å²) in [6.45, 7) is 4.70. The number of oxazole rings is 1. The lowest BCUT2D eigenvalue weighted by molar-refractivity contribution is -0.149. The third kappa shape index (κ3) is 4.14. The first-order chi connectivity index (χ1) is 14.5. The highest BCUT2D eigenvalue weighted by Gasteiger charge is 2.18. The molecular weight excluding hydrogens is 380 g/mol. The molecule has 0 bridgehead atoms. The zero-order chi connectivity index (χ0) is 21.1. The van der Waals surface area contributed by atoms with Crippen LogP contribution in [0.25, 0.3) is 22.4 Å². The van der Waals surface area contributed by atoms with E-state index in [0.29, 0.717) is 25.5 Å². The molecule has 0 unspecified atom stereocenters. The van der Waals surface area contributed by atoms with Crippen LogP contribution in [0.15, 0.2) is 65.2 Å². The average molecular weight is 404 g/mol. The molecule has 1 atom stereocenters. The van der Waals surface area contributed by atoms with Crippen molar-refractivity contribution in [1.82, 2.24) is 9.55 Å². The molecular formula is C24H24N2O4. The van der Waals surface area contributed by atoms with Crippen molar-refractivity contribution in [3.63, 3.8) is 0 Å². The summed E-state index contributed by atoms with van der Waals surface area (Å²) in [7, 11) is 0. The highest BCUT2D eigenvalue weighted by Crippen LogP contribution is 2.24. The van der Waals surface area contributed by atoms with Crippen molar-refractivity contribution >= 4 is 16.9 Å². The van der Waals surface area contributed by atoms with Gasteiger partial charge in [0.25, 0.3) is 0 Å². The van der Waals surface area contributed by atoms with Gasteiger partial charge in [-0.1, -0.05) is 24.3 Å². The summed E-state index contributed by atoms with van der Waals surface area (Å²) in [5.74, 6) is 0.482. The van der Waals surface area contributed by atoms with Gasteiger partial charge in [-0.2, -0.15) is 0 Å². The molecule has 6 heteroatoms. The molecule has 30 heavy (non-hydrogen) atoms. The molecule has 0 aliphatic rings. The summed E-state index contributed by atoms with van der Waals surface area (Å²) in [6.07, 6.45) is 1.53. The Balaban J connectivity index is 1.56. The Hall–Kier alpha value is -3.38. The number of benzene rings is 2. The molecule has 0 fully saturated rings. The van der Waals surface area contributed by atoms with Gasteiger partial charge in [-0.05, 0) is 55.1 Å². The van der Waals surface area contributed by atoms with Crippen molar-refractivity contribution in [2.45, 2.75) is 32.9 Å². The minimum Gasteiger partial charge on any atom is -0.479 e. The fraction of sp³-hybridized carbons (Fsp3) is 0.250. The van der Waals surface area contributed by atoms with Gasteiger partial charge in [0.2, 0.25) is 5.89 Å². The van der Waals surface area contributed by atoms with Crippen molar-refractivity contribution in [1.29, 1.82) is 0 Å². The zero-order valence-corrected chi connectivity index (χ0v) is 17.0. The number of aromatic nitrogens is 2. The van der Waals surface area contributed by atoms with Gasteiger partial charge in [0, 0.05) is 30.3 Å². The average Bonchev–Trinajstić information content (AvgIpc) is 3.32. The van der Waals surface area contributed by atoms with Crippen LogP contribution in [0, 0.1) is 6.92 Å². The SMILES string of the molecule is CCO[C@@H](Cc1ccc2c(ccn2Cc2nc(-c3ccccc3)oc2C)c1)C(=O)O. The summed E-state index contributed by atoms with van der Waals surface area (Å²) in [5, 5.41) is 10.4. The second-order valence-corrected chi connectivity index (χ2v) is 7.21. The minimum absolute atomic E-state index is 0.340. The third-order valence-corrected chi connectivity index (χ3v) is 5.13. The number of ether oxygens (including phenoxy) is 1. The standard InChI is InChI=1S/C24H24N2O4/c1-3-29-22(24(27)28)14-17-9-10-21-19(13-17)11-12-26(21)15-20-16(2)30-23(25-20)18-7-5-4-6-8-18/h4-13,22H,3,14-15H2,1-2H3,(H,27,28)/t22-/m0/s1. The Morgan fingerprint density at radius 1 is 1.20 bits per heavy atom. The van der Waals surface area contributed by atoms with Crippen LogP contribution in [0.3, 0.4) is 0 Å². The lowest BCUT2D eigenvalue weighted by Gasteiger charge is -2.12. The number of nitrogens with zero attached hydrogens (tertiary/aromatic N) is 2. The minimum atomic E-state index is -0.940. The van der Waals surface area contributed by atoms with E-state index in [2.05, 4.69) is 9.55 Å². The predicted molar refractivity (Wildman–Crippen MR) is 114 cm³/mol. The van der Waals surface area contributed by atoms with Crippen LogP contribution in [0.4, 0.5) is 0 Å². The molecule has 6 nitrogen and oxygen atoms in total. The van der Waals surface area contributed by atoms with E-state index in [1.54, 1.807) is 6.92 Å². The largest absolute Gasteiger partial charge is 0.479 e. The van der Waals surface area contributed by atoms with Gasteiger partial charge in [0.05, 0.1) is 6.54 Å². The Labute approximate surface area is 174 Å². The van der Waals surface area contributed by atoms with Crippen molar-refractivity contribution in [3.8, 4) is 11.5 Å². The van der Waals surface area contributed by atoms with Crippen LogP contribution in [-0.4, -0.2) is 33.3 Å². The monoisotopic (exact) mass is 404 g/mol. The first kappa shape index (κ1) is 19.9. The van der Waals surface area contributed by atoms with Crippen LogP contribution in [0.2, 0.25) is 0 Å². The topological polar surface area (TPSA) is 77.5 Å². The second kappa shape index (κ2) is 8.55. The molecule has 1 N–H and O–H groups in total. The summed E-state index contributed by atoms with van der Waals surface area (Å²) >= 11 is 0. The fourth-order valence-corrected chi connectivity index (χ4v) is 3.59. The van der Waals surface area contributed by atoms with Crippen LogP contribution >= 0.6 is 0 Å². The Morgan fingerprint density at radius 2 is 2.00 bits per heavy atom. The van der Waals surface area contributed by atoms with Crippen LogP contribution in [0.1, 0.15) is 23.9 Å². The molecule has 4 aromatic rings. The number of aliphatic carboxylic acids is 1. The lowest BCUT2D eigenvalue weighted by Crippen LogP contribution is -2.26. The number of carboxylic acids is 1. The summed E-state index contributed by atoms with van der Waals surface area (Å²) in [6, 6.07) is 17.9. The smallest absolute Gasteiger partial charge is 0.333 e. The Morgan fingerprint density at radius 3 is 2.73 bits per heavy atom.